The van der Waals surface area contributed by atoms with Crippen molar-refractivity contribution in [2.24, 2.45) is 0 Å². The fourth-order valence-corrected chi connectivity index (χ4v) is 10.4. The van der Waals surface area contributed by atoms with E-state index >= 15 is 0 Å². The van der Waals surface area contributed by atoms with Crippen LogP contribution >= 0.6 is 11.6 Å². The molecule has 0 amide bonds. The number of hydrogen-bond donors (Lipinski definition) is 0. The molecule has 0 aliphatic heterocycles. The second kappa shape index (κ2) is 15.3. The summed E-state index contributed by atoms with van der Waals surface area (Å²) in [5.41, 5.74) is 21.4. The average Bonchev–Trinajstić information content (AvgIpc) is 3.63. The van der Waals surface area contributed by atoms with Crippen molar-refractivity contribution in [2.45, 2.75) is 5.92 Å². The lowest BCUT2D eigenvalue weighted by Gasteiger charge is -2.26. The smallest absolute Gasteiger partial charge is 0.0541 e. The van der Waals surface area contributed by atoms with Crippen molar-refractivity contribution in [3.8, 4) is 72.4 Å². The number of aromatic nitrogens is 1. The number of para-hydroxylation sites is 2. The van der Waals surface area contributed by atoms with Crippen molar-refractivity contribution in [1.82, 2.24) is 4.57 Å². The highest BCUT2D eigenvalue weighted by Crippen LogP contribution is 2.53. The van der Waals surface area contributed by atoms with Gasteiger partial charge < -0.3 is 4.57 Å². The highest BCUT2D eigenvalue weighted by atomic mass is 35.5. The monoisotopic (exact) mass is 821 g/mol. The molecule has 1 atom stereocenters. The van der Waals surface area contributed by atoms with Crippen molar-refractivity contribution >= 4 is 33.4 Å². The van der Waals surface area contributed by atoms with Crippen LogP contribution in [-0.4, -0.2) is 4.57 Å². The number of hydrogen-bond acceptors (Lipinski definition) is 0. The Morgan fingerprint density at radius 1 is 0.302 bits per heavy atom. The van der Waals surface area contributed by atoms with Gasteiger partial charge in [0.15, 0.2) is 0 Å². The molecule has 1 aromatic heterocycles. The Balaban J connectivity index is 1.10. The van der Waals surface area contributed by atoms with Crippen LogP contribution in [0.25, 0.3) is 94.3 Å². The molecule has 12 rings (SSSR count). The Labute approximate surface area is 372 Å². The van der Waals surface area contributed by atoms with E-state index in [4.69, 9.17) is 11.6 Å². The van der Waals surface area contributed by atoms with Crippen LogP contribution < -0.4 is 0 Å². The Kier molecular flexibility index (Phi) is 9.02. The molecule has 1 unspecified atom stereocenters. The Hall–Kier alpha value is -7.71. The predicted molar refractivity (Wildman–Crippen MR) is 266 cm³/mol. The molecule has 0 radical (unpaired) electrons. The lowest BCUT2D eigenvalue weighted by atomic mass is 9.77. The van der Waals surface area contributed by atoms with Gasteiger partial charge in [0.1, 0.15) is 0 Å². The summed E-state index contributed by atoms with van der Waals surface area (Å²) in [6, 6.07) is 86.2. The van der Waals surface area contributed by atoms with Crippen LogP contribution in [0, 0.1) is 0 Å². The molecule has 1 nitrogen and oxygen atoms in total. The van der Waals surface area contributed by atoms with E-state index in [0.29, 0.717) is 0 Å². The first-order valence-corrected chi connectivity index (χ1v) is 22.0. The van der Waals surface area contributed by atoms with Crippen molar-refractivity contribution in [3.63, 3.8) is 0 Å². The third-order valence-corrected chi connectivity index (χ3v) is 13.3. The topological polar surface area (TPSA) is 4.93 Å². The van der Waals surface area contributed by atoms with Crippen LogP contribution in [0.3, 0.4) is 0 Å². The van der Waals surface area contributed by atoms with Gasteiger partial charge in [-0.2, -0.15) is 0 Å². The van der Waals surface area contributed by atoms with E-state index in [1.807, 2.05) is 12.1 Å². The average molecular weight is 822 g/mol. The van der Waals surface area contributed by atoms with Crippen LogP contribution in [0.1, 0.15) is 22.6 Å². The lowest BCUT2D eigenvalue weighted by molar-refractivity contribution is 0.990. The standard InChI is InChI=1S/C61H40ClN/c62-57-29-14-12-26-54(57)61-53-33-31-42(43-32-34-59-56(39-43)51-25-13-15-30-58(51)63(59)47-21-8-3-9-22-47)38-55(53)50-24-11-10-23-49(50)52-28-16-27-48(60(52)61)46-36-44(40-17-4-1-5-18-40)35-45(37-46)41-19-6-2-7-20-41/h1-39,61H. The molecule has 0 saturated carbocycles. The van der Waals surface area contributed by atoms with E-state index in [2.05, 4.69) is 229 Å². The summed E-state index contributed by atoms with van der Waals surface area (Å²) < 4.78 is 2.38. The fourth-order valence-electron chi connectivity index (χ4n) is 10.1. The maximum absolute atomic E-state index is 7.34. The molecule has 1 aliphatic carbocycles. The predicted octanol–water partition coefficient (Wildman–Crippen LogP) is 16.9. The first kappa shape index (κ1) is 37.1. The number of nitrogens with zero attached hydrogens (tertiary/aromatic N) is 1. The molecule has 296 valence electrons. The zero-order valence-electron chi connectivity index (χ0n) is 34.4. The highest BCUT2D eigenvalue weighted by molar-refractivity contribution is 6.31. The van der Waals surface area contributed by atoms with E-state index in [-0.39, 0.29) is 5.92 Å². The minimum atomic E-state index is -0.159. The van der Waals surface area contributed by atoms with Crippen molar-refractivity contribution in [3.05, 3.63) is 258 Å². The van der Waals surface area contributed by atoms with E-state index < -0.39 is 0 Å². The maximum Gasteiger partial charge on any atom is 0.0541 e. The summed E-state index contributed by atoms with van der Waals surface area (Å²) in [5, 5.41) is 3.24. The first-order chi connectivity index (χ1) is 31.2. The summed E-state index contributed by atoms with van der Waals surface area (Å²) in [7, 11) is 0. The molecule has 11 aromatic rings. The number of rotatable bonds is 6. The molecule has 0 bridgehead atoms. The molecule has 1 heterocycles. The summed E-state index contributed by atoms with van der Waals surface area (Å²) in [6.07, 6.45) is 0. The molecule has 1 aliphatic rings. The molecule has 2 heteroatoms. The summed E-state index contributed by atoms with van der Waals surface area (Å²) in [5.74, 6) is -0.159. The number of halogens is 1. The lowest BCUT2D eigenvalue weighted by Crippen LogP contribution is -2.08. The quantitative estimate of drug-likeness (QED) is 0.157. The van der Waals surface area contributed by atoms with Crippen LogP contribution in [-0.2, 0) is 0 Å². The largest absolute Gasteiger partial charge is 0.309 e. The second-order valence-corrected chi connectivity index (χ2v) is 16.9. The van der Waals surface area contributed by atoms with Crippen LogP contribution in [0.5, 0.6) is 0 Å². The van der Waals surface area contributed by atoms with Gasteiger partial charge in [-0.3, -0.25) is 0 Å². The number of benzene rings is 10. The summed E-state index contributed by atoms with van der Waals surface area (Å²) in [6.45, 7) is 0. The van der Waals surface area contributed by atoms with Crippen LogP contribution in [0.2, 0.25) is 5.02 Å². The highest BCUT2D eigenvalue weighted by Gasteiger charge is 2.32. The normalized spacial score (nSPS) is 13.0. The Morgan fingerprint density at radius 2 is 0.841 bits per heavy atom. The van der Waals surface area contributed by atoms with Gasteiger partial charge in [-0.25, -0.2) is 0 Å². The SMILES string of the molecule is Clc1ccccc1C1c2ccc(-c3ccc4c(c3)c3ccccc3n4-c3ccccc3)cc2-c2ccccc2-c2cccc(-c3cc(-c4ccccc4)cc(-c4ccccc4)c3)c21. The molecule has 0 spiro atoms. The van der Waals surface area contributed by atoms with Gasteiger partial charge >= 0.3 is 0 Å². The van der Waals surface area contributed by atoms with Crippen molar-refractivity contribution in [1.29, 1.82) is 0 Å². The van der Waals surface area contributed by atoms with E-state index in [0.717, 1.165) is 16.3 Å². The van der Waals surface area contributed by atoms with E-state index in [9.17, 15) is 0 Å². The van der Waals surface area contributed by atoms with Gasteiger partial charge in [0.25, 0.3) is 0 Å². The van der Waals surface area contributed by atoms with Gasteiger partial charge in [0, 0.05) is 27.4 Å². The van der Waals surface area contributed by atoms with E-state index in [1.165, 1.54) is 99.7 Å². The second-order valence-electron chi connectivity index (χ2n) is 16.5. The molecule has 63 heavy (non-hydrogen) atoms. The Bertz CT molecular complexity index is 3450. The first-order valence-electron chi connectivity index (χ1n) is 21.6. The van der Waals surface area contributed by atoms with Crippen LogP contribution in [0.15, 0.2) is 237 Å². The molecule has 0 fully saturated rings. The van der Waals surface area contributed by atoms with Crippen molar-refractivity contribution < 1.29 is 0 Å². The van der Waals surface area contributed by atoms with Gasteiger partial charge in [-0.15, -0.1) is 0 Å². The minimum Gasteiger partial charge on any atom is -0.309 e. The maximum atomic E-state index is 7.34. The molecule has 0 N–H and O–H groups in total. The summed E-state index contributed by atoms with van der Waals surface area (Å²) >= 11 is 7.34. The zero-order valence-corrected chi connectivity index (χ0v) is 35.2. The molecule has 0 saturated heterocycles. The van der Waals surface area contributed by atoms with E-state index in [1.54, 1.807) is 0 Å². The van der Waals surface area contributed by atoms with Gasteiger partial charge in [0.2, 0.25) is 0 Å². The molecular weight excluding hydrogens is 782 g/mol. The van der Waals surface area contributed by atoms with Crippen LogP contribution in [0.4, 0.5) is 0 Å². The zero-order chi connectivity index (χ0) is 41.9. The third kappa shape index (κ3) is 6.32. The fraction of sp³-hybridized carbons (Fsp3) is 0.0164. The molecular formula is C61H40ClN. The minimum absolute atomic E-state index is 0.159. The summed E-state index contributed by atoms with van der Waals surface area (Å²) in [4.78, 5) is 0. The number of fused-ring (bicyclic) bond motifs is 8. The van der Waals surface area contributed by atoms with Gasteiger partial charge in [0.05, 0.1) is 11.0 Å². The van der Waals surface area contributed by atoms with Crippen molar-refractivity contribution in [2.75, 3.05) is 0 Å². The van der Waals surface area contributed by atoms with Gasteiger partial charge in [-0.1, -0.05) is 188 Å². The van der Waals surface area contributed by atoms with Gasteiger partial charge in [-0.05, 0) is 144 Å². The Morgan fingerprint density at radius 3 is 1.57 bits per heavy atom. The third-order valence-electron chi connectivity index (χ3n) is 13.0. The molecule has 10 aromatic carbocycles.